The average molecular weight is 273 g/mol. The maximum atomic E-state index is 12.4. The Morgan fingerprint density at radius 3 is 2.80 bits per heavy atom. The summed E-state index contributed by atoms with van der Waals surface area (Å²) in [4.78, 5) is 18.7. The number of carbonyl (C=O) groups excluding carboxylic acids is 1. The number of amides is 1. The van der Waals surface area contributed by atoms with E-state index in [9.17, 15) is 4.79 Å². The number of carbonyl (C=O) groups is 1. The molecule has 0 radical (unpaired) electrons. The Kier molecular flexibility index (Phi) is 3.50. The fourth-order valence-electron chi connectivity index (χ4n) is 3.38. The van der Waals surface area contributed by atoms with Crippen LogP contribution in [-0.2, 0) is 17.6 Å². The van der Waals surface area contributed by atoms with E-state index in [2.05, 4.69) is 18.0 Å². The van der Waals surface area contributed by atoms with Crippen molar-refractivity contribution in [2.75, 3.05) is 13.1 Å². The number of nitrogens with zero attached hydrogens (tertiary/aromatic N) is 2. The van der Waals surface area contributed by atoms with E-state index in [-0.39, 0.29) is 17.4 Å². The quantitative estimate of drug-likeness (QED) is 0.908. The molecule has 1 unspecified atom stereocenters. The third-order valence-corrected chi connectivity index (χ3v) is 5.04. The molecule has 4 nitrogen and oxygen atoms in total. The van der Waals surface area contributed by atoms with Crippen molar-refractivity contribution in [1.82, 2.24) is 9.88 Å². The highest BCUT2D eigenvalue weighted by atomic mass is 16.2. The topological polar surface area (TPSA) is 59.2 Å². The summed E-state index contributed by atoms with van der Waals surface area (Å²) in [5.74, 6) is 0.168. The Hall–Kier alpha value is -1.42. The number of hydrogen-bond acceptors (Lipinski definition) is 3. The third kappa shape index (κ3) is 2.33. The minimum atomic E-state index is 0.163. The lowest BCUT2D eigenvalue weighted by atomic mass is 9.66. The molecule has 2 N–H and O–H groups in total. The van der Waals surface area contributed by atoms with E-state index in [0.29, 0.717) is 13.0 Å². The van der Waals surface area contributed by atoms with Gasteiger partial charge in [0.25, 0.3) is 0 Å². The van der Waals surface area contributed by atoms with Gasteiger partial charge in [-0.3, -0.25) is 9.78 Å². The number of rotatable bonds is 3. The van der Waals surface area contributed by atoms with E-state index in [0.717, 1.165) is 18.7 Å². The predicted molar refractivity (Wildman–Crippen MR) is 78.2 cm³/mol. The Bertz CT molecular complexity index is 493. The lowest BCUT2D eigenvalue weighted by molar-refractivity contribution is -0.130. The van der Waals surface area contributed by atoms with Crippen molar-refractivity contribution < 1.29 is 4.79 Å². The largest absolute Gasteiger partial charge is 0.340 e. The molecular weight excluding hydrogens is 250 g/mol. The summed E-state index contributed by atoms with van der Waals surface area (Å²) in [7, 11) is 0. The lowest BCUT2D eigenvalue weighted by Gasteiger charge is -2.41. The van der Waals surface area contributed by atoms with Crippen LogP contribution in [0.5, 0.6) is 0 Å². The van der Waals surface area contributed by atoms with Crippen LogP contribution >= 0.6 is 0 Å². The number of likely N-dealkylation sites (tertiary alicyclic amines) is 1. The van der Waals surface area contributed by atoms with Gasteiger partial charge < -0.3 is 10.6 Å². The summed E-state index contributed by atoms with van der Waals surface area (Å²) >= 11 is 0. The van der Waals surface area contributed by atoms with E-state index in [1.807, 2.05) is 17.2 Å². The number of aryl methyl sites for hydroxylation is 1. The molecule has 2 aliphatic rings. The fourth-order valence-corrected chi connectivity index (χ4v) is 3.38. The molecule has 0 bridgehead atoms. The Morgan fingerprint density at radius 1 is 1.50 bits per heavy atom. The van der Waals surface area contributed by atoms with Crippen LogP contribution < -0.4 is 5.73 Å². The smallest absolute Gasteiger partial charge is 0.228 e. The van der Waals surface area contributed by atoms with Crippen LogP contribution in [0.2, 0.25) is 0 Å². The molecular formula is C16H23N3O. The maximum Gasteiger partial charge on any atom is 0.228 e. The number of hydrogen-bond donors (Lipinski definition) is 1. The second kappa shape index (κ2) is 5.17. The van der Waals surface area contributed by atoms with Crippen molar-refractivity contribution in [3.8, 4) is 0 Å². The van der Waals surface area contributed by atoms with Gasteiger partial charge >= 0.3 is 0 Å². The normalized spacial score (nSPS) is 23.9. The highest BCUT2D eigenvalue weighted by Gasteiger charge is 2.49. The summed E-state index contributed by atoms with van der Waals surface area (Å²) in [5, 5.41) is 0. The van der Waals surface area contributed by atoms with Crippen LogP contribution in [-0.4, -0.2) is 34.9 Å². The molecule has 1 aliphatic carbocycles. The van der Waals surface area contributed by atoms with Gasteiger partial charge in [-0.05, 0) is 30.9 Å². The molecule has 4 heteroatoms. The van der Waals surface area contributed by atoms with Gasteiger partial charge in [-0.15, -0.1) is 0 Å². The van der Waals surface area contributed by atoms with Crippen molar-refractivity contribution in [2.45, 2.75) is 45.1 Å². The minimum Gasteiger partial charge on any atom is -0.340 e. The van der Waals surface area contributed by atoms with Crippen molar-refractivity contribution >= 4 is 5.91 Å². The average Bonchev–Trinajstić information content (AvgIpc) is 2.77. The van der Waals surface area contributed by atoms with Gasteiger partial charge in [-0.2, -0.15) is 0 Å². The van der Waals surface area contributed by atoms with E-state index < -0.39 is 0 Å². The summed E-state index contributed by atoms with van der Waals surface area (Å²) in [5.41, 5.74) is 8.52. The monoisotopic (exact) mass is 273 g/mol. The predicted octanol–water partition coefficient (Wildman–Crippen LogP) is 1.53. The molecule has 1 aliphatic heterocycles. The zero-order chi connectivity index (χ0) is 14.2. The Balaban J connectivity index is 1.62. The van der Waals surface area contributed by atoms with Crippen LogP contribution in [0.3, 0.4) is 0 Å². The molecule has 20 heavy (non-hydrogen) atoms. The first-order valence-electron chi connectivity index (χ1n) is 7.60. The van der Waals surface area contributed by atoms with Gasteiger partial charge in [-0.1, -0.05) is 19.4 Å². The van der Waals surface area contributed by atoms with Gasteiger partial charge in [-0.25, -0.2) is 0 Å². The summed E-state index contributed by atoms with van der Waals surface area (Å²) in [6, 6.07) is 4.18. The van der Waals surface area contributed by atoms with Crippen LogP contribution in [0.4, 0.5) is 0 Å². The van der Waals surface area contributed by atoms with Crippen molar-refractivity contribution in [1.29, 1.82) is 0 Å². The van der Waals surface area contributed by atoms with Crippen LogP contribution in [0.1, 0.15) is 37.4 Å². The SMILES string of the molecule is CCc1ccc(CC(=O)N2CC(N)C3(CCC3)C2)nc1. The van der Waals surface area contributed by atoms with Crippen molar-refractivity contribution in [3.05, 3.63) is 29.6 Å². The van der Waals surface area contributed by atoms with Gasteiger partial charge in [0.05, 0.1) is 6.42 Å². The van der Waals surface area contributed by atoms with E-state index >= 15 is 0 Å². The molecule has 1 atom stereocenters. The highest BCUT2D eigenvalue weighted by molar-refractivity contribution is 5.78. The third-order valence-electron chi connectivity index (χ3n) is 5.04. The van der Waals surface area contributed by atoms with E-state index in [1.165, 1.54) is 24.8 Å². The first kappa shape index (κ1) is 13.6. The molecule has 0 aromatic carbocycles. The van der Waals surface area contributed by atoms with Gasteiger partial charge in [0.1, 0.15) is 0 Å². The molecule has 1 amide bonds. The minimum absolute atomic E-state index is 0.163. The Labute approximate surface area is 120 Å². The van der Waals surface area contributed by atoms with Crippen LogP contribution in [0.25, 0.3) is 0 Å². The molecule has 1 spiro atoms. The Morgan fingerprint density at radius 2 is 2.30 bits per heavy atom. The maximum absolute atomic E-state index is 12.4. The highest BCUT2D eigenvalue weighted by Crippen LogP contribution is 2.47. The lowest BCUT2D eigenvalue weighted by Crippen LogP contribution is -2.45. The van der Waals surface area contributed by atoms with Crippen molar-refractivity contribution in [2.24, 2.45) is 11.1 Å². The number of aromatic nitrogens is 1. The molecule has 1 aromatic rings. The summed E-state index contributed by atoms with van der Waals surface area (Å²) < 4.78 is 0. The van der Waals surface area contributed by atoms with Crippen LogP contribution in [0.15, 0.2) is 18.3 Å². The molecule has 1 saturated heterocycles. The van der Waals surface area contributed by atoms with E-state index in [1.54, 1.807) is 0 Å². The summed E-state index contributed by atoms with van der Waals surface area (Å²) in [6.45, 7) is 3.66. The van der Waals surface area contributed by atoms with E-state index in [4.69, 9.17) is 5.73 Å². The van der Waals surface area contributed by atoms with Crippen molar-refractivity contribution in [3.63, 3.8) is 0 Å². The molecule has 1 saturated carbocycles. The van der Waals surface area contributed by atoms with Gasteiger partial charge in [0.2, 0.25) is 5.91 Å². The zero-order valence-electron chi connectivity index (χ0n) is 12.1. The number of pyridine rings is 1. The molecule has 3 rings (SSSR count). The summed E-state index contributed by atoms with van der Waals surface area (Å²) in [6.07, 6.45) is 6.86. The van der Waals surface area contributed by atoms with Crippen LogP contribution in [0, 0.1) is 5.41 Å². The molecule has 2 fully saturated rings. The molecule has 108 valence electrons. The van der Waals surface area contributed by atoms with Gasteiger partial charge in [0, 0.05) is 36.4 Å². The second-order valence-corrected chi connectivity index (χ2v) is 6.28. The second-order valence-electron chi connectivity index (χ2n) is 6.28. The fraction of sp³-hybridized carbons (Fsp3) is 0.625. The molecule has 1 aromatic heterocycles. The first-order chi connectivity index (χ1) is 9.63. The molecule has 2 heterocycles. The number of nitrogens with two attached hydrogens (primary N) is 1. The van der Waals surface area contributed by atoms with Gasteiger partial charge in [0.15, 0.2) is 0 Å². The zero-order valence-corrected chi connectivity index (χ0v) is 12.1. The standard InChI is InChI=1S/C16H23N3O/c1-2-12-4-5-13(18-9-12)8-15(20)19-10-14(17)16(11-19)6-3-7-16/h4-5,9,14H,2-3,6-8,10-11,17H2,1H3. The first-order valence-corrected chi connectivity index (χ1v) is 7.60.